The molecule has 0 aliphatic carbocycles. The summed E-state index contributed by atoms with van der Waals surface area (Å²) in [7, 11) is 1.57. The fourth-order valence-electron chi connectivity index (χ4n) is 2.69. The van der Waals surface area contributed by atoms with E-state index in [4.69, 9.17) is 10.6 Å². The van der Waals surface area contributed by atoms with E-state index in [2.05, 4.69) is 20.6 Å². The number of nitrogens with one attached hydrogen (secondary N) is 1. The molecule has 0 saturated carbocycles. The number of ether oxygens (including phenoxy) is 1. The van der Waals surface area contributed by atoms with E-state index >= 15 is 0 Å². The minimum Gasteiger partial charge on any atom is -0.495 e. The molecule has 3 aromatic rings. The van der Waals surface area contributed by atoms with Gasteiger partial charge in [-0.25, -0.2) is 9.36 Å². The van der Waals surface area contributed by atoms with E-state index in [0.29, 0.717) is 22.5 Å². The van der Waals surface area contributed by atoms with Crippen LogP contribution in [0.25, 0.3) is 5.95 Å². The zero-order valence-electron chi connectivity index (χ0n) is 16.4. The number of benzene rings is 1. The topological polar surface area (TPSA) is 113 Å². The summed E-state index contributed by atoms with van der Waals surface area (Å²) >= 11 is 1.21. The fraction of sp³-hybridized carbons (Fsp3) is 0.333. The van der Waals surface area contributed by atoms with Crippen molar-refractivity contribution in [3.8, 4) is 11.7 Å². The zero-order chi connectivity index (χ0) is 20.4. The first-order valence-electron chi connectivity index (χ1n) is 8.66. The van der Waals surface area contributed by atoms with E-state index in [1.165, 1.54) is 16.4 Å². The highest BCUT2D eigenvalue weighted by molar-refractivity contribution is 8.00. The van der Waals surface area contributed by atoms with Crippen LogP contribution in [0.4, 0.5) is 5.69 Å². The molecule has 0 fully saturated rings. The van der Waals surface area contributed by atoms with Gasteiger partial charge in [0.15, 0.2) is 0 Å². The van der Waals surface area contributed by atoms with Crippen LogP contribution in [-0.2, 0) is 4.79 Å². The summed E-state index contributed by atoms with van der Waals surface area (Å²) in [6, 6.07) is 7.53. The lowest BCUT2D eigenvalue weighted by atomic mass is 10.2. The minimum atomic E-state index is -0.454. The quantitative estimate of drug-likeness (QED) is 0.481. The van der Waals surface area contributed by atoms with E-state index in [1.54, 1.807) is 18.7 Å². The Morgan fingerprint density at radius 3 is 2.64 bits per heavy atom. The standard InChI is InChI=1S/C18H23N7O2S/c1-10-6-7-15(27-5)14(8-10)20-16(26)13(4)28-18-22-21-17(24(18)19)25-12(3)9-11(2)23-25/h6-9,13H,19H2,1-5H3,(H,20,26)/t13-/m0/s1. The van der Waals surface area contributed by atoms with Crippen LogP contribution in [-0.4, -0.2) is 42.9 Å². The Morgan fingerprint density at radius 2 is 2.00 bits per heavy atom. The van der Waals surface area contributed by atoms with Gasteiger partial charge in [-0.3, -0.25) is 4.79 Å². The van der Waals surface area contributed by atoms with E-state index in [0.717, 1.165) is 17.0 Å². The maximum Gasteiger partial charge on any atom is 0.271 e. The van der Waals surface area contributed by atoms with Crippen LogP contribution in [0.5, 0.6) is 5.75 Å². The molecule has 148 valence electrons. The number of nitrogen functional groups attached to an aromatic ring is 1. The lowest BCUT2D eigenvalue weighted by Gasteiger charge is -2.14. The van der Waals surface area contributed by atoms with Crippen molar-refractivity contribution in [2.75, 3.05) is 18.3 Å². The maximum absolute atomic E-state index is 12.6. The maximum atomic E-state index is 12.6. The van der Waals surface area contributed by atoms with E-state index < -0.39 is 5.25 Å². The molecule has 1 atom stereocenters. The molecule has 0 spiro atoms. The van der Waals surface area contributed by atoms with Crippen LogP contribution < -0.4 is 15.9 Å². The van der Waals surface area contributed by atoms with Gasteiger partial charge in [0.25, 0.3) is 5.95 Å². The minimum absolute atomic E-state index is 0.190. The van der Waals surface area contributed by atoms with Gasteiger partial charge in [-0.05, 0) is 51.5 Å². The number of hydrogen-bond acceptors (Lipinski definition) is 7. The van der Waals surface area contributed by atoms with Gasteiger partial charge in [0.2, 0.25) is 11.1 Å². The number of carbonyl (C=O) groups is 1. The molecule has 0 unspecified atom stereocenters. The van der Waals surface area contributed by atoms with Gasteiger partial charge in [-0.2, -0.15) is 5.10 Å². The number of hydrogen-bond donors (Lipinski definition) is 2. The number of nitrogens with zero attached hydrogens (tertiary/aromatic N) is 5. The van der Waals surface area contributed by atoms with Crippen LogP contribution in [0.3, 0.4) is 0 Å². The number of anilines is 1. The van der Waals surface area contributed by atoms with Gasteiger partial charge >= 0.3 is 0 Å². The fourth-order valence-corrected chi connectivity index (χ4v) is 3.46. The zero-order valence-corrected chi connectivity index (χ0v) is 17.2. The van der Waals surface area contributed by atoms with Gasteiger partial charge in [0.05, 0.1) is 23.7 Å². The Morgan fingerprint density at radius 1 is 1.25 bits per heavy atom. The summed E-state index contributed by atoms with van der Waals surface area (Å²) < 4.78 is 8.26. The molecule has 0 bridgehead atoms. The molecule has 28 heavy (non-hydrogen) atoms. The highest BCUT2D eigenvalue weighted by Gasteiger charge is 2.22. The SMILES string of the molecule is COc1ccc(C)cc1NC(=O)[C@H](C)Sc1nnc(-n2nc(C)cc2C)n1N. The third-order valence-electron chi connectivity index (χ3n) is 4.11. The second kappa shape index (κ2) is 7.93. The average Bonchev–Trinajstić information content (AvgIpc) is 3.16. The first-order chi connectivity index (χ1) is 13.3. The van der Waals surface area contributed by atoms with E-state index in [-0.39, 0.29) is 5.91 Å². The molecule has 2 aromatic heterocycles. The molecule has 9 nitrogen and oxygen atoms in total. The molecular formula is C18H23N7O2S. The molecule has 0 aliphatic rings. The number of aryl methyl sites for hydroxylation is 3. The van der Waals surface area contributed by atoms with Crippen molar-refractivity contribution in [1.82, 2.24) is 24.7 Å². The molecule has 0 radical (unpaired) electrons. The van der Waals surface area contributed by atoms with E-state index in [1.807, 2.05) is 45.0 Å². The first kappa shape index (κ1) is 19.7. The Balaban J connectivity index is 1.75. The monoisotopic (exact) mass is 401 g/mol. The summed E-state index contributed by atoms with van der Waals surface area (Å²) in [5.74, 6) is 6.94. The molecule has 1 amide bonds. The number of aromatic nitrogens is 5. The second-order valence-corrected chi connectivity index (χ2v) is 7.75. The van der Waals surface area contributed by atoms with Crippen molar-refractivity contribution < 1.29 is 9.53 Å². The molecule has 3 rings (SSSR count). The molecule has 1 aromatic carbocycles. The predicted molar refractivity (Wildman–Crippen MR) is 108 cm³/mol. The smallest absolute Gasteiger partial charge is 0.271 e. The number of amides is 1. The lowest BCUT2D eigenvalue weighted by Crippen LogP contribution is -2.24. The highest BCUT2D eigenvalue weighted by atomic mass is 32.2. The summed E-state index contributed by atoms with van der Waals surface area (Å²) in [6.45, 7) is 7.53. The largest absolute Gasteiger partial charge is 0.495 e. The number of methoxy groups -OCH3 is 1. The van der Waals surface area contributed by atoms with Gasteiger partial charge < -0.3 is 15.9 Å². The third kappa shape index (κ3) is 3.96. The third-order valence-corrected chi connectivity index (χ3v) is 5.17. The summed E-state index contributed by atoms with van der Waals surface area (Å²) in [6.07, 6.45) is 0. The predicted octanol–water partition coefficient (Wildman–Crippen LogP) is 2.23. The van der Waals surface area contributed by atoms with Gasteiger partial charge in [-0.1, -0.05) is 17.8 Å². The highest BCUT2D eigenvalue weighted by Crippen LogP contribution is 2.28. The average molecular weight is 401 g/mol. The van der Waals surface area contributed by atoms with Crippen LogP contribution in [0.1, 0.15) is 23.9 Å². The van der Waals surface area contributed by atoms with Crippen molar-refractivity contribution in [3.05, 3.63) is 41.2 Å². The molecule has 0 saturated heterocycles. The second-order valence-electron chi connectivity index (χ2n) is 6.44. The molecule has 10 heteroatoms. The van der Waals surface area contributed by atoms with Crippen LogP contribution in [0, 0.1) is 20.8 Å². The van der Waals surface area contributed by atoms with Crippen LogP contribution in [0.2, 0.25) is 0 Å². The number of nitrogens with two attached hydrogens (primary N) is 1. The van der Waals surface area contributed by atoms with Gasteiger partial charge in [0.1, 0.15) is 5.75 Å². The number of thioether (sulfide) groups is 1. The van der Waals surface area contributed by atoms with Crippen molar-refractivity contribution in [3.63, 3.8) is 0 Å². The Labute approximate surface area is 167 Å². The van der Waals surface area contributed by atoms with Gasteiger partial charge in [-0.15, -0.1) is 10.2 Å². The van der Waals surface area contributed by atoms with Crippen LogP contribution in [0.15, 0.2) is 29.4 Å². The van der Waals surface area contributed by atoms with Crippen molar-refractivity contribution in [2.45, 2.75) is 38.1 Å². The summed E-state index contributed by atoms with van der Waals surface area (Å²) in [4.78, 5) is 12.6. The summed E-state index contributed by atoms with van der Waals surface area (Å²) in [5.41, 5.74) is 3.39. The van der Waals surface area contributed by atoms with Crippen molar-refractivity contribution >= 4 is 23.4 Å². The number of rotatable bonds is 6. The van der Waals surface area contributed by atoms with Crippen molar-refractivity contribution in [2.24, 2.45) is 0 Å². The molecule has 0 aliphatic heterocycles. The van der Waals surface area contributed by atoms with E-state index in [9.17, 15) is 4.79 Å². The van der Waals surface area contributed by atoms with Gasteiger partial charge in [0, 0.05) is 5.69 Å². The number of carbonyl (C=O) groups excluding carboxylic acids is 1. The molecule has 3 N–H and O–H groups in total. The van der Waals surface area contributed by atoms with Crippen LogP contribution >= 0.6 is 11.8 Å². The lowest BCUT2D eigenvalue weighted by molar-refractivity contribution is -0.115. The summed E-state index contributed by atoms with van der Waals surface area (Å²) in [5, 5.41) is 15.4. The normalized spacial score (nSPS) is 12.0. The van der Waals surface area contributed by atoms with Crippen molar-refractivity contribution in [1.29, 1.82) is 0 Å². The molecule has 2 heterocycles. The Kier molecular flexibility index (Phi) is 5.59. The first-order valence-corrected chi connectivity index (χ1v) is 9.54. The Bertz CT molecular complexity index is 1010. The Hall–Kier alpha value is -3.01. The molecular weight excluding hydrogens is 378 g/mol.